The van der Waals surface area contributed by atoms with E-state index < -0.39 is 0 Å². The SMILES string of the molecule is C=NN(CC=CCC(=C)C)C(CC(C)CC)=C(C)CC. The second kappa shape index (κ2) is 10.5. The third kappa shape index (κ3) is 7.32. The van der Waals surface area contributed by atoms with Crippen molar-refractivity contribution in [2.45, 2.75) is 60.3 Å². The van der Waals surface area contributed by atoms with Gasteiger partial charge in [0.25, 0.3) is 0 Å². The Labute approximate surface area is 125 Å². The van der Waals surface area contributed by atoms with Gasteiger partial charge in [0.15, 0.2) is 0 Å². The molecule has 0 saturated heterocycles. The van der Waals surface area contributed by atoms with E-state index >= 15 is 0 Å². The Morgan fingerprint density at radius 3 is 2.35 bits per heavy atom. The van der Waals surface area contributed by atoms with Crippen LogP contribution in [0, 0.1) is 5.92 Å². The van der Waals surface area contributed by atoms with Crippen LogP contribution in [0.1, 0.15) is 60.3 Å². The number of nitrogens with zero attached hydrogens (tertiary/aromatic N) is 2. The van der Waals surface area contributed by atoms with Crippen molar-refractivity contribution in [3.05, 3.63) is 35.6 Å². The van der Waals surface area contributed by atoms with E-state index in [1.54, 1.807) is 0 Å². The summed E-state index contributed by atoms with van der Waals surface area (Å²) in [7, 11) is 0. The average molecular weight is 276 g/mol. The van der Waals surface area contributed by atoms with E-state index in [1.165, 1.54) is 23.3 Å². The van der Waals surface area contributed by atoms with Gasteiger partial charge in [-0.05, 0) is 39.0 Å². The molecule has 20 heavy (non-hydrogen) atoms. The Bertz CT molecular complexity index is 364. The van der Waals surface area contributed by atoms with Crippen LogP contribution in [-0.2, 0) is 0 Å². The zero-order valence-corrected chi connectivity index (χ0v) is 14.1. The summed E-state index contributed by atoms with van der Waals surface area (Å²) in [5.74, 6) is 0.676. The van der Waals surface area contributed by atoms with Gasteiger partial charge in [0.2, 0.25) is 0 Å². The first-order valence-corrected chi connectivity index (χ1v) is 7.68. The third-order valence-electron chi connectivity index (χ3n) is 3.66. The second-order valence-corrected chi connectivity index (χ2v) is 5.65. The first kappa shape index (κ1) is 18.7. The zero-order valence-electron chi connectivity index (χ0n) is 14.1. The van der Waals surface area contributed by atoms with Gasteiger partial charge in [-0.1, -0.05) is 57.1 Å². The molecule has 0 amide bonds. The molecule has 0 radical (unpaired) electrons. The molecule has 0 N–H and O–H groups in total. The topological polar surface area (TPSA) is 15.6 Å². The second-order valence-electron chi connectivity index (χ2n) is 5.65. The molecule has 114 valence electrons. The van der Waals surface area contributed by atoms with Crippen LogP contribution in [0.2, 0.25) is 0 Å². The quantitative estimate of drug-likeness (QED) is 0.290. The molecule has 0 rings (SSSR count). The first-order valence-electron chi connectivity index (χ1n) is 7.68. The minimum absolute atomic E-state index is 0.676. The van der Waals surface area contributed by atoms with Crippen molar-refractivity contribution >= 4 is 6.72 Å². The van der Waals surface area contributed by atoms with Crippen molar-refractivity contribution in [3.8, 4) is 0 Å². The van der Waals surface area contributed by atoms with Gasteiger partial charge in [0.05, 0.1) is 6.54 Å². The lowest BCUT2D eigenvalue weighted by Gasteiger charge is -2.25. The van der Waals surface area contributed by atoms with Gasteiger partial charge in [0.1, 0.15) is 0 Å². The minimum Gasteiger partial charge on any atom is -0.266 e. The molecule has 0 aromatic heterocycles. The lowest BCUT2D eigenvalue weighted by molar-refractivity contribution is 0.358. The van der Waals surface area contributed by atoms with Crippen molar-refractivity contribution in [2.75, 3.05) is 6.54 Å². The summed E-state index contributed by atoms with van der Waals surface area (Å²) >= 11 is 0. The predicted octanol–water partition coefficient (Wildman–Crippen LogP) is 5.55. The summed E-state index contributed by atoms with van der Waals surface area (Å²) in [5, 5.41) is 6.25. The maximum atomic E-state index is 4.21. The summed E-state index contributed by atoms with van der Waals surface area (Å²) in [5.41, 5.74) is 3.92. The van der Waals surface area contributed by atoms with E-state index in [1.807, 2.05) is 11.9 Å². The summed E-state index contributed by atoms with van der Waals surface area (Å²) in [4.78, 5) is 0. The normalized spacial score (nSPS) is 14.1. The third-order valence-corrected chi connectivity index (χ3v) is 3.66. The van der Waals surface area contributed by atoms with E-state index in [-0.39, 0.29) is 0 Å². The molecule has 0 aliphatic heterocycles. The fraction of sp³-hybridized carbons (Fsp3) is 0.611. The highest BCUT2D eigenvalue weighted by Gasteiger charge is 2.12. The number of rotatable bonds is 10. The number of allylic oxidation sites excluding steroid dienone is 4. The average Bonchev–Trinajstić information content (AvgIpc) is 2.44. The summed E-state index contributed by atoms with van der Waals surface area (Å²) < 4.78 is 0. The molecule has 1 unspecified atom stereocenters. The van der Waals surface area contributed by atoms with Gasteiger partial charge in [-0.15, -0.1) is 0 Å². The van der Waals surface area contributed by atoms with Crippen LogP contribution in [0.3, 0.4) is 0 Å². The van der Waals surface area contributed by atoms with Crippen LogP contribution < -0.4 is 0 Å². The molecule has 0 aromatic carbocycles. The van der Waals surface area contributed by atoms with Gasteiger partial charge >= 0.3 is 0 Å². The molecule has 2 nitrogen and oxygen atoms in total. The van der Waals surface area contributed by atoms with Crippen LogP contribution in [0.5, 0.6) is 0 Å². The van der Waals surface area contributed by atoms with Crippen LogP contribution in [0.15, 0.2) is 40.7 Å². The largest absolute Gasteiger partial charge is 0.266 e. The Morgan fingerprint density at radius 2 is 1.90 bits per heavy atom. The summed E-state index contributed by atoms with van der Waals surface area (Å²) in [6.07, 6.45) is 8.57. The smallest absolute Gasteiger partial charge is 0.0592 e. The number of hydrogen-bond donors (Lipinski definition) is 0. The molecule has 1 atom stereocenters. The molecule has 0 saturated carbocycles. The van der Waals surface area contributed by atoms with E-state index in [0.29, 0.717) is 5.92 Å². The maximum absolute atomic E-state index is 4.21. The standard InChI is InChI=1S/C18H32N2/c1-8-16(5)14-18(17(6)9-2)20(19-7)13-11-10-12-15(3)4/h10-11,16H,3,7-9,12-14H2,1-2,4-6H3. The van der Waals surface area contributed by atoms with Crippen molar-refractivity contribution in [1.29, 1.82) is 0 Å². The van der Waals surface area contributed by atoms with Crippen LogP contribution in [0.4, 0.5) is 0 Å². The number of hydrogen-bond acceptors (Lipinski definition) is 2. The number of hydrazone groups is 1. The van der Waals surface area contributed by atoms with E-state index in [0.717, 1.165) is 25.8 Å². The molecular formula is C18H32N2. The molecule has 2 heteroatoms. The van der Waals surface area contributed by atoms with Gasteiger partial charge in [-0.2, -0.15) is 5.10 Å². The molecule has 0 spiro atoms. The van der Waals surface area contributed by atoms with Gasteiger partial charge < -0.3 is 0 Å². The van der Waals surface area contributed by atoms with Gasteiger partial charge in [-0.25, -0.2) is 0 Å². The van der Waals surface area contributed by atoms with Crippen LogP contribution in [0.25, 0.3) is 0 Å². The van der Waals surface area contributed by atoms with E-state index in [9.17, 15) is 0 Å². The Kier molecular flexibility index (Phi) is 9.79. The maximum Gasteiger partial charge on any atom is 0.0592 e. The molecular weight excluding hydrogens is 244 g/mol. The summed E-state index contributed by atoms with van der Waals surface area (Å²) in [6.45, 7) is 19.4. The lowest BCUT2D eigenvalue weighted by atomic mass is 9.99. The van der Waals surface area contributed by atoms with Crippen molar-refractivity contribution < 1.29 is 0 Å². The molecule has 0 aromatic rings. The molecule has 0 heterocycles. The Balaban J connectivity index is 4.87. The van der Waals surface area contributed by atoms with Crippen LogP contribution in [-0.4, -0.2) is 18.3 Å². The van der Waals surface area contributed by atoms with E-state index in [2.05, 4.69) is 58.2 Å². The monoisotopic (exact) mass is 276 g/mol. The fourth-order valence-corrected chi connectivity index (χ4v) is 1.89. The molecule has 0 bridgehead atoms. The predicted molar refractivity (Wildman–Crippen MR) is 91.9 cm³/mol. The highest BCUT2D eigenvalue weighted by Crippen LogP contribution is 2.23. The highest BCUT2D eigenvalue weighted by atomic mass is 15.4. The molecule has 0 aliphatic rings. The lowest BCUT2D eigenvalue weighted by Crippen LogP contribution is -2.20. The van der Waals surface area contributed by atoms with Gasteiger partial charge in [-0.3, -0.25) is 5.01 Å². The minimum atomic E-state index is 0.676. The van der Waals surface area contributed by atoms with Gasteiger partial charge in [0, 0.05) is 12.4 Å². The van der Waals surface area contributed by atoms with Crippen LogP contribution >= 0.6 is 0 Å². The summed E-state index contributed by atoms with van der Waals surface area (Å²) in [6, 6.07) is 0. The fourth-order valence-electron chi connectivity index (χ4n) is 1.89. The molecule has 0 fully saturated rings. The van der Waals surface area contributed by atoms with Crippen molar-refractivity contribution in [1.82, 2.24) is 5.01 Å². The Hall–Kier alpha value is -1.31. The van der Waals surface area contributed by atoms with Crippen molar-refractivity contribution in [2.24, 2.45) is 11.0 Å². The Morgan fingerprint density at radius 1 is 1.25 bits per heavy atom. The van der Waals surface area contributed by atoms with Crippen molar-refractivity contribution in [3.63, 3.8) is 0 Å². The molecule has 0 aliphatic carbocycles. The van der Waals surface area contributed by atoms with E-state index in [4.69, 9.17) is 0 Å². The highest BCUT2D eigenvalue weighted by molar-refractivity contribution is 5.25. The zero-order chi connectivity index (χ0) is 15.5. The first-order chi connectivity index (χ1) is 9.46.